The molecule has 0 aliphatic carbocycles. The summed E-state index contributed by atoms with van der Waals surface area (Å²) in [6.07, 6.45) is 0. The van der Waals surface area contributed by atoms with Crippen molar-refractivity contribution in [3.05, 3.63) is 23.0 Å². The molecule has 1 aromatic heterocycles. The summed E-state index contributed by atoms with van der Waals surface area (Å²) < 4.78 is 1.89. The van der Waals surface area contributed by atoms with Crippen LogP contribution in [0, 0.1) is 13.8 Å². The number of carboxylic acids is 1. The van der Waals surface area contributed by atoms with Crippen molar-refractivity contribution in [3.8, 4) is 0 Å². The van der Waals surface area contributed by atoms with Gasteiger partial charge in [0.15, 0.2) is 0 Å². The number of carbonyl (C=O) groups is 2. The lowest BCUT2D eigenvalue weighted by atomic mass is 10.2. The van der Waals surface area contributed by atoms with Crippen molar-refractivity contribution in [1.29, 1.82) is 0 Å². The van der Waals surface area contributed by atoms with Gasteiger partial charge in [0, 0.05) is 38.6 Å². The van der Waals surface area contributed by atoms with Crippen LogP contribution in [-0.4, -0.2) is 47.2 Å². The molecule has 0 aromatic carbocycles. The van der Waals surface area contributed by atoms with Gasteiger partial charge in [-0.05, 0) is 19.9 Å². The number of nitrogens with one attached hydrogen (secondary N) is 1. The maximum Gasteiger partial charge on any atom is 0.337 e. The average Bonchev–Trinajstić information content (AvgIpc) is 2.56. The van der Waals surface area contributed by atoms with E-state index in [1.54, 1.807) is 27.1 Å². The molecule has 0 fully saturated rings. The quantitative estimate of drug-likeness (QED) is 0.843. The molecule has 0 aliphatic rings. The topological polar surface area (TPSA) is 74.6 Å². The Kier molecular flexibility index (Phi) is 4.36. The van der Waals surface area contributed by atoms with E-state index in [4.69, 9.17) is 5.11 Å². The van der Waals surface area contributed by atoms with Crippen LogP contribution in [0.1, 0.15) is 21.7 Å². The molecule has 0 unspecified atom stereocenters. The van der Waals surface area contributed by atoms with Crippen molar-refractivity contribution in [2.24, 2.45) is 0 Å². The van der Waals surface area contributed by atoms with Gasteiger partial charge in [0.25, 0.3) is 0 Å². The molecule has 6 heteroatoms. The number of carbonyl (C=O) groups excluding carboxylic acids is 1. The van der Waals surface area contributed by atoms with E-state index >= 15 is 0 Å². The summed E-state index contributed by atoms with van der Waals surface area (Å²) in [6, 6.07) is 1.49. The molecular weight excluding hydrogens is 234 g/mol. The standard InChI is InChI=1S/C12H19N3O3/c1-8-7-10(11(16)17)9(2)15(8)6-5-13-12(18)14(3)4/h7H,5-6H2,1-4H3,(H,13,18)(H,16,17). The van der Waals surface area contributed by atoms with Gasteiger partial charge in [-0.1, -0.05) is 0 Å². The summed E-state index contributed by atoms with van der Waals surface area (Å²) in [5.41, 5.74) is 1.90. The van der Waals surface area contributed by atoms with Gasteiger partial charge in [0.05, 0.1) is 5.56 Å². The molecule has 18 heavy (non-hydrogen) atoms. The molecule has 6 nitrogen and oxygen atoms in total. The number of carboxylic acid groups (broad SMARTS) is 1. The molecule has 2 amide bonds. The molecule has 0 saturated carbocycles. The first-order valence-corrected chi connectivity index (χ1v) is 5.69. The second-order valence-corrected chi connectivity index (χ2v) is 4.37. The molecule has 1 aromatic rings. The Bertz CT molecular complexity index is 463. The lowest BCUT2D eigenvalue weighted by molar-refractivity contribution is 0.0696. The molecule has 100 valence electrons. The predicted molar refractivity (Wildman–Crippen MR) is 68.0 cm³/mol. The first-order valence-electron chi connectivity index (χ1n) is 5.69. The minimum atomic E-state index is -0.924. The smallest absolute Gasteiger partial charge is 0.337 e. The van der Waals surface area contributed by atoms with Gasteiger partial charge in [-0.2, -0.15) is 0 Å². The van der Waals surface area contributed by atoms with Gasteiger partial charge in [0.1, 0.15) is 0 Å². The summed E-state index contributed by atoms with van der Waals surface area (Å²) >= 11 is 0. The zero-order chi connectivity index (χ0) is 13.9. The van der Waals surface area contributed by atoms with Crippen molar-refractivity contribution in [2.45, 2.75) is 20.4 Å². The van der Waals surface area contributed by atoms with E-state index in [2.05, 4.69) is 5.32 Å². The molecule has 1 rings (SSSR count). The molecule has 2 N–H and O–H groups in total. The Morgan fingerprint density at radius 1 is 1.39 bits per heavy atom. The number of rotatable bonds is 4. The van der Waals surface area contributed by atoms with Crippen molar-refractivity contribution in [2.75, 3.05) is 20.6 Å². The van der Waals surface area contributed by atoms with Crippen LogP contribution in [0.15, 0.2) is 6.07 Å². The van der Waals surface area contributed by atoms with Crippen molar-refractivity contribution in [3.63, 3.8) is 0 Å². The van der Waals surface area contributed by atoms with Gasteiger partial charge in [0.2, 0.25) is 0 Å². The van der Waals surface area contributed by atoms with Crippen LogP contribution in [0.25, 0.3) is 0 Å². The van der Waals surface area contributed by atoms with Gasteiger partial charge < -0.3 is 19.9 Å². The second-order valence-electron chi connectivity index (χ2n) is 4.37. The first kappa shape index (κ1) is 14.1. The van der Waals surface area contributed by atoms with Gasteiger partial charge in [-0.25, -0.2) is 9.59 Å². The van der Waals surface area contributed by atoms with E-state index in [1.807, 2.05) is 11.5 Å². The summed E-state index contributed by atoms with van der Waals surface area (Å²) in [5, 5.41) is 11.7. The third kappa shape index (κ3) is 3.03. The fourth-order valence-corrected chi connectivity index (χ4v) is 1.79. The maximum atomic E-state index is 11.3. The Morgan fingerprint density at radius 2 is 2.00 bits per heavy atom. The van der Waals surface area contributed by atoms with Crippen molar-refractivity contribution < 1.29 is 14.7 Å². The Hall–Kier alpha value is -1.98. The zero-order valence-electron chi connectivity index (χ0n) is 11.1. The van der Waals surface area contributed by atoms with Crippen molar-refractivity contribution in [1.82, 2.24) is 14.8 Å². The van der Waals surface area contributed by atoms with E-state index < -0.39 is 5.97 Å². The minimum absolute atomic E-state index is 0.157. The fraction of sp³-hybridized carbons (Fsp3) is 0.500. The highest BCUT2D eigenvalue weighted by atomic mass is 16.4. The minimum Gasteiger partial charge on any atom is -0.478 e. The molecule has 0 bridgehead atoms. The molecule has 0 aliphatic heterocycles. The third-order valence-corrected chi connectivity index (χ3v) is 2.82. The number of aromatic nitrogens is 1. The highest BCUT2D eigenvalue weighted by Crippen LogP contribution is 2.14. The first-order chi connectivity index (χ1) is 8.34. The molecule has 0 spiro atoms. The average molecular weight is 253 g/mol. The lowest BCUT2D eigenvalue weighted by Crippen LogP contribution is -2.36. The summed E-state index contributed by atoms with van der Waals surface area (Å²) in [6.45, 7) is 4.65. The molecule has 1 heterocycles. The number of hydrogen-bond donors (Lipinski definition) is 2. The summed E-state index contributed by atoms with van der Waals surface area (Å²) in [4.78, 5) is 23.8. The third-order valence-electron chi connectivity index (χ3n) is 2.82. The van der Waals surface area contributed by atoms with Crippen molar-refractivity contribution >= 4 is 12.0 Å². The Balaban J connectivity index is 2.68. The zero-order valence-corrected chi connectivity index (χ0v) is 11.1. The number of aryl methyl sites for hydroxylation is 1. The largest absolute Gasteiger partial charge is 0.478 e. The van der Waals surface area contributed by atoms with Crippen LogP contribution in [0.2, 0.25) is 0 Å². The van der Waals surface area contributed by atoms with Gasteiger partial charge >= 0.3 is 12.0 Å². The number of aromatic carboxylic acids is 1. The molecular formula is C12H19N3O3. The van der Waals surface area contributed by atoms with Crippen LogP contribution < -0.4 is 5.32 Å². The summed E-state index contributed by atoms with van der Waals surface area (Å²) in [7, 11) is 3.34. The van der Waals surface area contributed by atoms with Gasteiger partial charge in [-0.3, -0.25) is 0 Å². The monoisotopic (exact) mass is 253 g/mol. The SMILES string of the molecule is Cc1cc(C(=O)O)c(C)n1CCNC(=O)N(C)C. The molecule has 0 atom stereocenters. The fourth-order valence-electron chi connectivity index (χ4n) is 1.79. The highest BCUT2D eigenvalue weighted by Gasteiger charge is 2.14. The van der Waals surface area contributed by atoms with E-state index in [-0.39, 0.29) is 6.03 Å². The predicted octanol–water partition coefficient (Wildman–Crippen LogP) is 1.07. The Labute approximate surface area is 106 Å². The number of urea groups is 1. The lowest BCUT2D eigenvalue weighted by Gasteiger charge is -2.14. The van der Waals surface area contributed by atoms with Crippen LogP contribution >= 0.6 is 0 Å². The van der Waals surface area contributed by atoms with E-state index in [0.29, 0.717) is 24.3 Å². The molecule has 0 radical (unpaired) electrons. The normalized spacial score (nSPS) is 10.2. The summed E-state index contributed by atoms with van der Waals surface area (Å²) in [5.74, 6) is -0.924. The van der Waals surface area contributed by atoms with Crippen LogP contribution in [0.5, 0.6) is 0 Å². The molecule has 0 saturated heterocycles. The van der Waals surface area contributed by atoms with Crippen LogP contribution in [0.3, 0.4) is 0 Å². The van der Waals surface area contributed by atoms with Crippen LogP contribution in [0.4, 0.5) is 4.79 Å². The maximum absolute atomic E-state index is 11.3. The highest BCUT2D eigenvalue weighted by molar-refractivity contribution is 5.89. The van der Waals surface area contributed by atoms with Gasteiger partial charge in [-0.15, -0.1) is 0 Å². The number of amides is 2. The number of nitrogens with zero attached hydrogens (tertiary/aromatic N) is 2. The van der Waals surface area contributed by atoms with E-state index in [9.17, 15) is 9.59 Å². The number of hydrogen-bond acceptors (Lipinski definition) is 2. The van der Waals surface area contributed by atoms with E-state index in [0.717, 1.165) is 5.69 Å². The van der Waals surface area contributed by atoms with Crippen LogP contribution in [-0.2, 0) is 6.54 Å². The second kappa shape index (κ2) is 5.57. The van der Waals surface area contributed by atoms with E-state index in [1.165, 1.54) is 4.90 Å². The Morgan fingerprint density at radius 3 is 2.44 bits per heavy atom.